The molecule has 5 heterocycles. The van der Waals surface area contributed by atoms with Crippen molar-refractivity contribution in [3.63, 3.8) is 0 Å². The van der Waals surface area contributed by atoms with E-state index in [0.717, 1.165) is 45.3 Å². The summed E-state index contributed by atoms with van der Waals surface area (Å²) in [6, 6.07) is 10.5. The van der Waals surface area contributed by atoms with E-state index in [4.69, 9.17) is 4.74 Å². The number of carbonyl (C=O) groups is 2. The molecule has 3 fully saturated rings. The first-order valence-electron chi connectivity index (χ1n) is 15.0. The molecule has 11 heteroatoms. The highest BCUT2D eigenvalue weighted by atomic mass is 16.5. The lowest BCUT2D eigenvalue weighted by Crippen LogP contribution is -2.56. The third-order valence-corrected chi connectivity index (χ3v) is 8.97. The Morgan fingerprint density at radius 1 is 1.02 bits per heavy atom. The van der Waals surface area contributed by atoms with Crippen LogP contribution in [0.15, 0.2) is 30.3 Å². The van der Waals surface area contributed by atoms with Crippen molar-refractivity contribution in [3.8, 4) is 6.01 Å². The summed E-state index contributed by atoms with van der Waals surface area (Å²) in [5.41, 5.74) is 2.97. The van der Waals surface area contributed by atoms with Gasteiger partial charge in [0.05, 0.1) is 6.10 Å². The lowest BCUT2D eigenvalue weighted by Gasteiger charge is -2.43. The van der Waals surface area contributed by atoms with E-state index >= 15 is 0 Å². The second-order valence-corrected chi connectivity index (χ2v) is 11.7. The van der Waals surface area contributed by atoms with Crippen LogP contribution in [0.3, 0.4) is 0 Å². The fourth-order valence-corrected chi connectivity index (χ4v) is 6.58. The molecule has 4 aliphatic rings. The highest BCUT2D eigenvalue weighted by Gasteiger charge is 2.36. The molecule has 11 nitrogen and oxygen atoms in total. The monoisotopic (exact) mass is 563 g/mol. The largest absolute Gasteiger partial charge is 0.459 e. The van der Waals surface area contributed by atoms with Gasteiger partial charge in [0.1, 0.15) is 17.6 Å². The highest BCUT2D eigenvalue weighted by Crippen LogP contribution is 2.27. The quantitative estimate of drug-likeness (QED) is 0.477. The van der Waals surface area contributed by atoms with Crippen molar-refractivity contribution >= 4 is 17.6 Å². The maximum Gasteiger partial charge on any atom is 0.319 e. The Hall–Kier alpha value is -3.28. The van der Waals surface area contributed by atoms with Crippen LogP contribution < -0.4 is 15.4 Å². The number of benzene rings is 1. The number of aliphatic hydroxyl groups is 1. The van der Waals surface area contributed by atoms with Gasteiger partial charge in [-0.1, -0.05) is 24.3 Å². The van der Waals surface area contributed by atoms with Gasteiger partial charge in [-0.25, -0.2) is 0 Å². The van der Waals surface area contributed by atoms with Gasteiger partial charge in [-0.3, -0.25) is 14.5 Å². The van der Waals surface area contributed by atoms with E-state index in [1.807, 2.05) is 4.90 Å². The number of piperidine rings is 2. The van der Waals surface area contributed by atoms with Crippen molar-refractivity contribution in [2.45, 2.75) is 69.9 Å². The Morgan fingerprint density at radius 3 is 2.54 bits per heavy atom. The summed E-state index contributed by atoms with van der Waals surface area (Å²) >= 11 is 0. The summed E-state index contributed by atoms with van der Waals surface area (Å²) < 4.78 is 6.07. The number of rotatable bonds is 6. The average molecular weight is 564 g/mol. The number of aromatic nitrogens is 2. The Kier molecular flexibility index (Phi) is 8.36. The van der Waals surface area contributed by atoms with E-state index in [2.05, 4.69) is 49.8 Å². The van der Waals surface area contributed by atoms with Crippen LogP contribution in [0, 0.1) is 0 Å². The first kappa shape index (κ1) is 27.9. The molecule has 220 valence electrons. The van der Waals surface area contributed by atoms with Crippen LogP contribution in [0.4, 0.5) is 5.82 Å². The Morgan fingerprint density at radius 2 is 1.80 bits per heavy atom. The van der Waals surface area contributed by atoms with Crippen molar-refractivity contribution in [1.82, 2.24) is 30.0 Å². The molecule has 2 amide bonds. The van der Waals surface area contributed by atoms with Crippen LogP contribution in [-0.4, -0.2) is 112 Å². The number of ether oxygens (including phenoxy) is 1. The summed E-state index contributed by atoms with van der Waals surface area (Å²) in [6.07, 6.45) is 3.47. The summed E-state index contributed by atoms with van der Waals surface area (Å²) in [5, 5.41) is 17.9. The summed E-state index contributed by atoms with van der Waals surface area (Å²) in [4.78, 5) is 40.5. The Balaban J connectivity index is 1.13. The topological polar surface area (TPSA) is 123 Å². The molecule has 3 saturated heterocycles. The van der Waals surface area contributed by atoms with Crippen molar-refractivity contribution in [3.05, 3.63) is 47.2 Å². The van der Waals surface area contributed by atoms with Crippen molar-refractivity contribution in [2.75, 3.05) is 51.1 Å². The van der Waals surface area contributed by atoms with Crippen LogP contribution in [0.25, 0.3) is 0 Å². The molecule has 0 aliphatic carbocycles. The van der Waals surface area contributed by atoms with E-state index < -0.39 is 6.10 Å². The van der Waals surface area contributed by atoms with Crippen molar-refractivity contribution in [1.29, 1.82) is 0 Å². The summed E-state index contributed by atoms with van der Waals surface area (Å²) in [5.74, 6) is 0.418. The van der Waals surface area contributed by atoms with E-state index in [1.54, 1.807) is 17.9 Å². The standard InChI is InChI=1S/C30H41N7O4/c1-20(38)35-13-8-23(9-14-35)32-28-16-25(33-30(34-28)41-24-6-11-31-17-24)29(40)37-15-10-26(27(39)19-37)36-12-7-21-4-2-3-5-22(21)18-36/h2-5,16,23-24,26-27,31,39H,6-15,17-19H2,1H3,(H,32,33,34)/t24-,26-,27-/m1/s1. The zero-order chi connectivity index (χ0) is 28.3. The molecule has 3 N–H and O–H groups in total. The predicted octanol–water partition coefficient (Wildman–Crippen LogP) is 1.27. The number of amides is 2. The lowest BCUT2D eigenvalue weighted by molar-refractivity contribution is -0.129. The third kappa shape index (κ3) is 6.47. The number of carbonyl (C=O) groups excluding carboxylic acids is 2. The number of hydrogen-bond donors (Lipinski definition) is 3. The number of β-amino-alcohol motifs (C(OH)–C–C–N with tert-alkyl or cyclic N) is 1. The minimum atomic E-state index is -0.635. The smallest absolute Gasteiger partial charge is 0.319 e. The van der Waals surface area contributed by atoms with E-state index in [0.29, 0.717) is 38.4 Å². The van der Waals surface area contributed by atoms with E-state index in [9.17, 15) is 14.7 Å². The molecule has 2 aromatic rings. The minimum Gasteiger partial charge on any atom is -0.459 e. The fraction of sp³-hybridized carbons (Fsp3) is 0.600. The Labute approximate surface area is 241 Å². The molecular weight excluding hydrogens is 522 g/mol. The van der Waals surface area contributed by atoms with Gasteiger partial charge < -0.3 is 30.3 Å². The first-order chi connectivity index (χ1) is 19.9. The van der Waals surface area contributed by atoms with Gasteiger partial charge >= 0.3 is 6.01 Å². The van der Waals surface area contributed by atoms with Crippen LogP contribution >= 0.6 is 0 Å². The molecule has 0 radical (unpaired) electrons. The molecular formula is C30H41N7O4. The molecule has 41 heavy (non-hydrogen) atoms. The van der Waals surface area contributed by atoms with Gasteiger partial charge in [-0.15, -0.1) is 0 Å². The summed E-state index contributed by atoms with van der Waals surface area (Å²) in [7, 11) is 0. The van der Waals surface area contributed by atoms with Gasteiger partial charge in [-0.2, -0.15) is 9.97 Å². The van der Waals surface area contributed by atoms with Crippen LogP contribution in [-0.2, 0) is 17.8 Å². The van der Waals surface area contributed by atoms with Crippen LogP contribution in [0.5, 0.6) is 6.01 Å². The van der Waals surface area contributed by atoms with Gasteiger partial charge in [0, 0.05) is 70.9 Å². The molecule has 3 atom stereocenters. The Bertz CT molecular complexity index is 1250. The fourth-order valence-electron chi connectivity index (χ4n) is 6.58. The first-order valence-corrected chi connectivity index (χ1v) is 15.0. The number of aliphatic hydroxyl groups excluding tert-OH is 1. The highest BCUT2D eigenvalue weighted by molar-refractivity contribution is 5.93. The maximum atomic E-state index is 13.7. The van der Waals surface area contributed by atoms with Crippen molar-refractivity contribution in [2.24, 2.45) is 0 Å². The van der Waals surface area contributed by atoms with E-state index in [-0.39, 0.29) is 48.3 Å². The number of hydrogen-bond acceptors (Lipinski definition) is 9. The minimum absolute atomic E-state index is 0.0182. The second-order valence-electron chi connectivity index (χ2n) is 11.7. The number of likely N-dealkylation sites (tertiary alicyclic amines) is 2. The number of nitrogens with one attached hydrogen (secondary N) is 2. The third-order valence-electron chi connectivity index (χ3n) is 8.97. The number of nitrogens with zero attached hydrogens (tertiary/aromatic N) is 5. The normalized spacial score (nSPS) is 25.6. The summed E-state index contributed by atoms with van der Waals surface area (Å²) in [6.45, 7) is 7.13. The van der Waals surface area contributed by atoms with Gasteiger partial charge in [-0.05, 0) is 49.8 Å². The molecule has 0 bridgehead atoms. The molecule has 6 rings (SSSR count). The van der Waals surface area contributed by atoms with Crippen LogP contribution in [0.1, 0.15) is 54.2 Å². The molecule has 4 aliphatic heterocycles. The number of anilines is 1. The van der Waals surface area contributed by atoms with E-state index in [1.165, 1.54) is 11.1 Å². The molecule has 0 unspecified atom stereocenters. The molecule has 1 aromatic carbocycles. The maximum absolute atomic E-state index is 13.7. The molecule has 1 aromatic heterocycles. The average Bonchev–Trinajstić information content (AvgIpc) is 3.49. The van der Waals surface area contributed by atoms with Gasteiger partial charge in [0.15, 0.2) is 0 Å². The number of fused-ring (bicyclic) bond motifs is 1. The predicted molar refractivity (Wildman–Crippen MR) is 154 cm³/mol. The molecule has 0 saturated carbocycles. The zero-order valence-electron chi connectivity index (χ0n) is 23.8. The molecule has 0 spiro atoms. The second kappa shape index (κ2) is 12.3. The van der Waals surface area contributed by atoms with Gasteiger partial charge in [0.25, 0.3) is 5.91 Å². The SMILES string of the molecule is CC(=O)N1CCC(Nc2cc(C(=O)N3CC[C@@H](N4CCc5ccccc5C4)[C@H](O)C3)nc(O[C@@H]3CCNC3)n2)CC1. The van der Waals surface area contributed by atoms with Crippen LogP contribution in [0.2, 0.25) is 0 Å². The lowest BCUT2D eigenvalue weighted by atomic mass is 9.94. The van der Waals surface area contributed by atoms with Crippen molar-refractivity contribution < 1.29 is 19.4 Å². The zero-order valence-corrected chi connectivity index (χ0v) is 23.8. The van der Waals surface area contributed by atoms with Gasteiger partial charge in [0.2, 0.25) is 5.91 Å².